The van der Waals surface area contributed by atoms with Gasteiger partial charge in [-0.05, 0) is 33.1 Å². The summed E-state index contributed by atoms with van der Waals surface area (Å²) in [6.07, 6.45) is 14.7. The average molecular weight is 240 g/mol. The summed E-state index contributed by atoms with van der Waals surface area (Å²) < 4.78 is 11.0. The van der Waals surface area contributed by atoms with Gasteiger partial charge in [0.25, 0.3) is 0 Å². The van der Waals surface area contributed by atoms with Crippen LogP contribution in [0.4, 0.5) is 0 Å². The van der Waals surface area contributed by atoms with Gasteiger partial charge >= 0.3 is 0 Å². The average Bonchev–Trinajstić information content (AvgIpc) is 2.33. The van der Waals surface area contributed by atoms with E-state index in [1.807, 2.05) is 13.8 Å². The van der Waals surface area contributed by atoms with Gasteiger partial charge in [0.2, 0.25) is 0 Å². The van der Waals surface area contributed by atoms with E-state index in [-0.39, 0.29) is 6.29 Å². The molecule has 0 amide bonds. The van der Waals surface area contributed by atoms with E-state index in [4.69, 9.17) is 15.9 Å². The van der Waals surface area contributed by atoms with Crippen LogP contribution in [0.15, 0.2) is 0 Å². The van der Waals surface area contributed by atoms with Gasteiger partial charge < -0.3 is 9.47 Å². The lowest BCUT2D eigenvalue weighted by Crippen LogP contribution is -2.17. The monoisotopic (exact) mass is 240 g/mol. The van der Waals surface area contributed by atoms with Crippen LogP contribution in [-0.4, -0.2) is 19.5 Å². The third-order valence-electron chi connectivity index (χ3n) is 2.72. The fraction of sp³-hybridized carbons (Fsp3) is 0.867. The molecule has 0 rings (SSSR count). The molecule has 0 spiro atoms. The lowest BCUT2D eigenvalue weighted by molar-refractivity contribution is -0.140. The third kappa shape index (κ3) is 11.7. The maximum atomic E-state index is 5.50. The van der Waals surface area contributed by atoms with Crippen molar-refractivity contribution in [3.8, 4) is 12.3 Å². The van der Waals surface area contributed by atoms with Crippen LogP contribution >= 0.6 is 0 Å². The largest absolute Gasteiger partial charge is 0.353 e. The third-order valence-corrected chi connectivity index (χ3v) is 2.72. The van der Waals surface area contributed by atoms with Crippen molar-refractivity contribution in [2.24, 2.45) is 0 Å². The summed E-state index contributed by atoms with van der Waals surface area (Å²) in [6, 6.07) is 0. The molecule has 0 fully saturated rings. The van der Waals surface area contributed by atoms with Gasteiger partial charge in [-0.2, -0.15) is 0 Å². The summed E-state index contributed by atoms with van der Waals surface area (Å²) in [5.74, 6) is 2.68. The number of ether oxygens (including phenoxy) is 2. The van der Waals surface area contributed by atoms with Gasteiger partial charge in [0.1, 0.15) is 0 Å². The van der Waals surface area contributed by atoms with Crippen molar-refractivity contribution < 1.29 is 9.47 Å². The Morgan fingerprint density at radius 2 is 1.41 bits per heavy atom. The molecule has 0 atom stereocenters. The van der Waals surface area contributed by atoms with Gasteiger partial charge in [-0.3, -0.25) is 0 Å². The van der Waals surface area contributed by atoms with Crippen molar-refractivity contribution in [3.63, 3.8) is 0 Å². The number of terminal acetylenes is 1. The van der Waals surface area contributed by atoms with Gasteiger partial charge in [-0.25, -0.2) is 0 Å². The molecule has 0 saturated heterocycles. The van der Waals surface area contributed by atoms with Gasteiger partial charge in [0.15, 0.2) is 6.29 Å². The Hall–Kier alpha value is -0.520. The maximum absolute atomic E-state index is 5.50. The van der Waals surface area contributed by atoms with E-state index in [0.717, 1.165) is 26.1 Å². The molecule has 0 heterocycles. The molecule has 0 aromatic rings. The topological polar surface area (TPSA) is 18.5 Å². The van der Waals surface area contributed by atoms with Crippen molar-refractivity contribution in [3.05, 3.63) is 0 Å². The zero-order chi connectivity index (χ0) is 12.8. The highest BCUT2D eigenvalue weighted by atomic mass is 16.7. The molecule has 0 aliphatic rings. The standard InChI is InChI=1S/C15H28O2/c1-4-7-8-9-10-11-12-13-14-15(16-5-2)17-6-3/h1,15H,5-14H2,2-3H3. The van der Waals surface area contributed by atoms with Gasteiger partial charge in [-0.1, -0.05) is 25.7 Å². The number of unbranched alkanes of at least 4 members (excludes halogenated alkanes) is 6. The first-order valence-corrected chi connectivity index (χ1v) is 7.01. The van der Waals surface area contributed by atoms with Crippen molar-refractivity contribution in [2.75, 3.05) is 13.2 Å². The smallest absolute Gasteiger partial charge is 0.157 e. The zero-order valence-electron chi connectivity index (χ0n) is 11.5. The Morgan fingerprint density at radius 1 is 0.882 bits per heavy atom. The van der Waals surface area contributed by atoms with Crippen LogP contribution < -0.4 is 0 Å². The van der Waals surface area contributed by atoms with E-state index in [2.05, 4.69) is 5.92 Å². The highest BCUT2D eigenvalue weighted by Crippen LogP contribution is 2.11. The number of hydrogen-bond donors (Lipinski definition) is 0. The second kappa shape index (κ2) is 13.5. The zero-order valence-corrected chi connectivity index (χ0v) is 11.5. The molecule has 0 unspecified atom stereocenters. The lowest BCUT2D eigenvalue weighted by atomic mass is 10.1. The first-order chi connectivity index (χ1) is 8.35. The van der Waals surface area contributed by atoms with Crippen LogP contribution in [0.25, 0.3) is 0 Å². The molecule has 2 heteroatoms. The fourth-order valence-corrected chi connectivity index (χ4v) is 1.83. The molecule has 0 aliphatic heterocycles. The van der Waals surface area contributed by atoms with Gasteiger partial charge in [0.05, 0.1) is 0 Å². The summed E-state index contributed by atoms with van der Waals surface area (Å²) in [4.78, 5) is 0. The Bertz CT molecular complexity index is 178. The predicted octanol–water partition coefficient (Wildman–Crippen LogP) is 4.14. The van der Waals surface area contributed by atoms with Crippen molar-refractivity contribution in [1.82, 2.24) is 0 Å². The van der Waals surface area contributed by atoms with E-state index < -0.39 is 0 Å². The minimum atomic E-state index is 0.00596. The Balaban J connectivity index is 3.27. The van der Waals surface area contributed by atoms with Gasteiger partial charge in [0, 0.05) is 19.6 Å². The first-order valence-electron chi connectivity index (χ1n) is 7.01. The molecule has 0 aromatic carbocycles. The molecule has 2 nitrogen and oxygen atoms in total. The van der Waals surface area contributed by atoms with Crippen LogP contribution in [0.3, 0.4) is 0 Å². The maximum Gasteiger partial charge on any atom is 0.157 e. The summed E-state index contributed by atoms with van der Waals surface area (Å²) in [5.41, 5.74) is 0. The van der Waals surface area contributed by atoms with E-state index in [9.17, 15) is 0 Å². The molecule has 17 heavy (non-hydrogen) atoms. The van der Waals surface area contributed by atoms with E-state index >= 15 is 0 Å². The molecular formula is C15H28O2. The highest BCUT2D eigenvalue weighted by molar-refractivity contribution is 4.82. The number of hydrogen-bond acceptors (Lipinski definition) is 2. The highest BCUT2D eigenvalue weighted by Gasteiger charge is 2.06. The molecule has 100 valence electrons. The Kier molecular flexibility index (Phi) is 13.1. The Morgan fingerprint density at radius 3 is 1.94 bits per heavy atom. The van der Waals surface area contributed by atoms with Gasteiger partial charge in [-0.15, -0.1) is 12.3 Å². The van der Waals surface area contributed by atoms with Crippen LogP contribution in [0.1, 0.15) is 65.2 Å². The Labute approximate surface area is 107 Å². The lowest BCUT2D eigenvalue weighted by Gasteiger charge is -2.16. The minimum Gasteiger partial charge on any atom is -0.353 e. The second-order valence-electron chi connectivity index (χ2n) is 4.20. The second-order valence-corrected chi connectivity index (χ2v) is 4.20. The SMILES string of the molecule is C#CCCCCCCCCC(OCC)OCC. The summed E-state index contributed by atoms with van der Waals surface area (Å²) in [6.45, 7) is 5.49. The summed E-state index contributed by atoms with van der Waals surface area (Å²) in [5, 5.41) is 0. The molecular weight excluding hydrogens is 212 g/mol. The summed E-state index contributed by atoms with van der Waals surface area (Å²) in [7, 11) is 0. The van der Waals surface area contributed by atoms with Crippen LogP contribution in [0, 0.1) is 12.3 Å². The van der Waals surface area contributed by atoms with Crippen LogP contribution in [-0.2, 0) is 9.47 Å². The van der Waals surface area contributed by atoms with Crippen molar-refractivity contribution in [2.45, 2.75) is 71.5 Å². The van der Waals surface area contributed by atoms with E-state index in [1.54, 1.807) is 0 Å². The molecule has 0 saturated carbocycles. The molecule has 0 bridgehead atoms. The first kappa shape index (κ1) is 16.5. The normalized spacial score (nSPS) is 10.7. The number of rotatable bonds is 12. The minimum absolute atomic E-state index is 0.00596. The molecule has 0 aliphatic carbocycles. The quantitative estimate of drug-likeness (QED) is 0.290. The molecule has 0 aromatic heterocycles. The predicted molar refractivity (Wildman–Crippen MR) is 72.8 cm³/mol. The van der Waals surface area contributed by atoms with Crippen LogP contribution in [0.2, 0.25) is 0 Å². The van der Waals surface area contributed by atoms with E-state index in [1.165, 1.54) is 38.5 Å². The summed E-state index contributed by atoms with van der Waals surface area (Å²) >= 11 is 0. The van der Waals surface area contributed by atoms with Crippen molar-refractivity contribution >= 4 is 0 Å². The van der Waals surface area contributed by atoms with Crippen molar-refractivity contribution in [1.29, 1.82) is 0 Å². The molecule has 0 radical (unpaired) electrons. The van der Waals surface area contributed by atoms with Crippen LogP contribution in [0.5, 0.6) is 0 Å². The fourth-order valence-electron chi connectivity index (χ4n) is 1.83. The molecule has 0 N–H and O–H groups in total. The van der Waals surface area contributed by atoms with E-state index in [0.29, 0.717) is 0 Å².